The van der Waals surface area contributed by atoms with E-state index < -0.39 is 10.0 Å². The molecule has 1 saturated carbocycles. The van der Waals surface area contributed by atoms with Gasteiger partial charge in [0.05, 0.1) is 4.34 Å². The van der Waals surface area contributed by atoms with E-state index in [9.17, 15) is 8.42 Å². The Morgan fingerprint density at radius 2 is 2.19 bits per heavy atom. The normalized spacial score (nSPS) is 16.9. The number of nitrogens with zero attached hydrogens (tertiary/aromatic N) is 1. The van der Waals surface area contributed by atoms with Crippen molar-refractivity contribution in [1.29, 1.82) is 0 Å². The molecule has 0 radical (unpaired) electrons. The molecule has 0 bridgehead atoms. The Kier molecular flexibility index (Phi) is 3.96. The third-order valence-corrected chi connectivity index (χ3v) is 6.38. The molecule has 0 saturated heterocycles. The second kappa shape index (κ2) is 4.94. The maximum Gasteiger partial charge on any atom is 0.252 e. The standard InChI is InChI=1S/C9H11BrClNO2S2/c10-5-6-12(7-1-2-7)16(13,14)9-4-3-8(11)15-9/h3-4,7H,1-2,5-6H2. The van der Waals surface area contributed by atoms with E-state index in [1.165, 1.54) is 0 Å². The molecule has 1 aromatic heterocycles. The third-order valence-electron chi connectivity index (χ3n) is 2.37. The van der Waals surface area contributed by atoms with Crippen molar-refractivity contribution in [2.24, 2.45) is 0 Å². The van der Waals surface area contributed by atoms with Crippen molar-refractivity contribution in [3.8, 4) is 0 Å². The van der Waals surface area contributed by atoms with Gasteiger partial charge in [0, 0.05) is 17.9 Å². The maximum atomic E-state index is 12.3. The highest BCUT2D eigenvalue weighted by molar-refractivity contribution is 9.09. The first-order valence-corrected chi connectivity index (χ1v) is 8.64. The van der Waals surface area contributed by atoms with Crippen LogP contribution in [0.2, 0.25) is 4.34 Å². The Bertz CT molecular complexity index is 470. The third kappa shape index (κ3) is 2.61. The molecule has 1 aliphatic rings. The van der Waals surface area contributed by atoms with Gasteiger partial charge in [0.25, 0.3) is 10.0 Å². The van der Waals surface area contributed by atoms with Crippen molar-refractivity contribution in [3.63, 3.8) is 0 Å². The van der Waals surface area contributed by atoms with Crippen LogP contribution in [0.15, 0.2) is 16.3 Å². The summed E-state index contributed by atoms with van der Waals surface area (Å²) in [5, 5.41) is 0.655. The molecule has 1 fully saturated rings. The predicted molar refractivity (Wildman–Crippen MR) is 70.0 cm³/mol. The molecule has 0 amide bonds. The van der Waals surface area contributed by atoms with Crippen molar-refractivity contribution in [3.05, 3.63) is 16.5 Å². The Hall–Kier alpha value is 0.380. The molecule has 0 aliphatic heterocycles. The lowest BCUT2D eigenvalue weighted by Gasteiger charge is -2.19. The summed E-state index contributed by atoms with van der Waals surface area (Å²) in [4.78, 5) is 0. The zero-order valence-electron chi connectivity index (χ0n) is 8.40. The summed E-state index contributed by atoms with van der Waals surface area (Å²) in [7, 11) is -3.34. The van der Waals surface area contributed by atoms with E-state index in [2.05, 4.69) is 15.9 Å². The quantitative estimate of drug-likeness (QED) is 0.770. The van der Waals surface area contributed by atoms with Gasteiger partial charge in [-0.3, -0.25) is 0 Å². The van der Waals surface area contributed by atoms with Crippen molar-refractivity contribution >= 4 is 48.9 Å². The minimum absolute atomic E-state index is 0.184. The Morgan fingerprint density at radius 3 is 2.62 bits per heavy atom. The summed E-state index contributed by atoms with van der Waals surface area (Å²) in [5.41, 5.74) is 0. The summed E-state index contributed by atoms with van der Waals surface area (Å²) in [6.45, 7) is 0.516. The lowest BCUT2D eigenvalue weighted by Crippen LogP contribution is -2.34. The number of sulfonamides is 1. The van der Waals surface area contributed by atoms with Gasteiger partial charge in [-0.1, -0.05) is 27.5 Å². The molecule has 0 aromatic carbocycles. The zero-order chi connectivity index (χ0) is 11.8. The average molecular weight is 345 g/mol. The van der Waals surface area contributed by atoms with Gasteiger partial charge in [-0.25, -0.2) is 8.42 Å². The van der Waals surface area contributed by atoms with Gasteiger partial charge >= 0.3 is 0 Å². The zero-order valence-corrected chi connectivity index (χ0v) is 12.4. The van der Waals surface area contributed by atoms with Crippen molar-refractivity contribution in [2.45, 2.75) is 23.1 Å². The highest BCUT2D eigenvalue weighted by atomic mass is 79.9. The lowest BCUT2D eigenvalue weighted by molar-refractivity contribution is 0.425. The van der Waals surface area contributed by atoms with Crippen LogP contribution in [0.3, 0.4) is 0 Å². The fraction of sp³-hybridized carbons (Fsp3) is 0.556. The first-order valence-electron chi connectivity index (χ1n) is 4.89. The first-order chi connectivity index (χ1) is 7.55. The Morgan fingerprint density at radius 1 is 1.50 bits per heavy atom. The van der Waals surface area contributed by atoms with Gasteiger partial charge in [0.1, 0.15) is 4.21 Å². The fourth-order valence-corrected chi connectivity index (χ4v) is 5.41. The van der Waals surface area contributed by atoms with Crippen LogP contribution in [-0.4, -0.2) is 30.6 Å². The lowest BCUT2D eigenvalue weighted by atomic mass is 10.6. The van der Waals surface area contributed by atoms with E-state index in [0.29, 0.717) is 20.4 Å². The van der Waals surface area contributed by atoms with Gasteiger partial charge in [-0.05, 0) is 25.0 Å². The maximum absolute atomic E-state index is 12.3. The van der Waals surface area contributed by atoms with E-state index in [0.717, 1.165) is 24.2 Å². The summed E-state index contributed by atoms with van der Waals surface area (Å²) < 4.78 is 27.0. The molecular formula is C9H11BrClNO2S2. The second-order valence-electron chi connectivity index (χ2n) is 3.59. The number of rotatable bonds is 5. The predicted octanol–water partition coefficient (Wildman–Crippen LogP) is 2.95. The molecule has 1 aliphatic carbocycles. The largest absolute Gasteiger partial charge is 0.252 e. The summed E-state index contributed by atoms with van der Waals surface area (Å²) in [6.07, 6.45) is 1.93. The molecule has 0 unspecified atom stereocenters. The number of halogens is 2. The fourth-order valence-electron chi connectivity index (χ4n) is 1.50. The number of hydrogen-bond acceptors (Lipinski definition) is 3. The van der Waals surface area contributed by atoms with Gasteiger partial charge in [0.15, 0.2) is 0 Å². The topological polar surface area (TPSA) is 37.4 Å². The van der Waals surface area contributed by atoms with E-state index in [1.807, 2.05) is 0 Å². The van der Waals surface area contributed by atoms with Crippen LogP contribution in [0.25, 0.3) is 0 Å². The Labute approximate surface area is 113 Å². The smallest absolute Gasteiger partial charge is 0.206 e. The molecule has 90 valence electrons. The highest BCUT2D eigenvalue weighted by Crippen LogP contribution is 2.35. The van der Waals surface area contributed by atoms with Gasteiger partial charge in [0.2, 0.25) is 0 Å². The van der Waals surface area contributed by atoms with Crippen molar-refractivity contribution in [1.82, 2.24) is 4.31 Å². The van der Waals surface area contributed by atoms with E-state index in [1.54, 1.807) is 16.4 Å². The number of hydrogen-bond donors (Lipinski definition) is 0. The second-order valence-corrected chi connectivity index (χ2v) is 8.22. The van der Waals surface area contributed by atoms with E-state index in [-0.39, 0.29) is 6.04 Å². The summed E-state index contributed by atoms with van der Waals surface area (Å²) in [5.74, 6) is 0. The van der Waals surface area contributed by atoms with Gasteiger partial charge in [-0.2, -0.15) is 4.31 Å². The van der Waals surface area contributed by atoms with E-state index >= 15 is 0 Å². The van der Waals surface area contributed by atoms with Crippen molar-refractivity contribution in [2.75, 3.05) is 11.9 Å². The molecule has 0 atom stereocenters. The average Bonchev–Trinajstić information content (AvgIpc) is 2.96. The molecule has 1 aromatic rings. The van der Waals surface area contributed by atoms with Crippen LogP contribution in [0.1, 0.15) is 12.8 Å². The monoisotopic (exact) mass is 343 g/mol. The van der Waals surface area contributed by atoms with Crippen molar-refractivity contribution < 1.29 is 8.42 Å². The van der Waals surface area contributed by atoms with Crippen LogP contribution in [0.4, 0.5) is 0 Å². The molecule has 2 rings (SSSR count). The minimum Gasteiger partial charge on any atom is -0.206 e. The Balaban J connectivity index is 2.28. The summed E-state index contributed by atoms with van der Waals surface area (Å²) in [6, 6.07) is 3.38. The highest BCUT2D eigenvalue weighted by Gasteiger charge is 2.38. The molecule has 0 spiro atoms. The van der Waals surface area contributed by atoms with Crippen LogP contribution in [0, 0.1) is 0 Å². The number of alkyl halides is 1. The SMILES string of the molecule is O=S(=O)(c1ccc(Cl)s1)N(CCBr)C1CC1. The van der Waals surface area contributed by atoms with Crippen LogP contribution >= 0.6 is 38.9 Å². The first kappa shape index (κ1) is 12.8. The molecular weight excluding hydrogens is 334 g/mol. The molecule has 3 nitrogen and oxygen atoms in total. The molecule has 16 heavy (non-hydrogen) atoms. The molecule has 0 N–H and O–H groups in total. The van der Waals surface area contributed by atoms with Crippen LogP contribution < -0.4 is 0 Å². The summed E-state index contributed by atoms with van der Waals surface area (Å²) >= 11 is 10.2. The van der Waals surface area contributed by atoms with Crippen LogP contribution in [0.5, 0.6) is 0 Å². The molecule has 7 heteroatoms. The molecule has 1 heterocycles. The van der Waals surface area contributed by atoms with E-state index in [4.69, 9.17) is 11.6 Å². The van der Waals surface area contributed by atoms with Gasteiger partial charge in [-0.15, -0.1) is 11.3 Å². The van der Waals surface area contributed by atoms with Crippen LogP contribution in [-0.2, 0) is 10.0 Å². The number of thiophene rings is 1. The van der Waals surface area contributed by atoms with Gasteiger partial charge < -0.3 is 0 Å². The minimum atomic E-state index is -3.34.